The molecule has 0 radical (unpaired) electrons. The summed E-state index contributed by atoms with van der Waals surface area (Å²) in [4.78, 5) is 57.1. The monoisotopic (exact) mass is 552 g/mol. The molecule has 1 atom stereocenters. The molecule has 1 aliphatic heterocycles. The van der Waals surface area contributed by atoms with Gasteiger partial charge in [0, 0.05) is 55.9 Å². The Morgan fingerprint density at radius 2 is 1.79 bits per heavy atom. The molecule has 0 bridgehead atoms. The topological polar surface area (TPSA) is 135 Å². The van der Waals surface area contributed by atoms with Crippen LogP contribution in [0.4, 0.5) is 5.82 Å². The zero-order valence-corrected chi connectivity index (χ0v) is 21.9. The number of halogens is 1. The molecule has 39 heavy (non-hydrogen) atoms. The van der Waals surface area contributed by atoms with Gasteiger partial charge in [0.05, 0.1) is 24.7 Å². The summed E-state index contributed by atoms with van der Waals surface area (Å²) in [6, 6.07) is 13.2. The second-order valence-corrected chi connectivity index (χ2v) is 9.28. The number of benzene rings is 1. The highest BCUT2D eigenvalue weighted by molar-refractivity contribution is 6.30. The fourth-order valence-corrected chi connectivity index (χ4v) is 4.09. The molecule has 0 spiro atoms. The summed E-state index contributed by atoms with van der Waals surface area (Å²) in [5.41, 5.74) is 0.655. The number of pyridine rings is 2. The van der Waals surface area contributed by atoms with Gasteiger partial charge in [-0.15, -0.1) is 0 Å². The fraction of sp³-hybridized carbons (Fsp3) is 0.296. The van der Waals surface area contributed by atoms with Crippen LogP contribution in [0.15, 0.2) is 71.8 Å². The van der Waals surface area contributed by atoms with Crippen molar-refractivity contribution in [3.8, 4) is 5.69 Å². The number of ether oxygens (including phenoxy) is 1. The maximum absolute atomic E-state index is 13.0. The molecular weight excluding hydrogens is 524 g/mol. The summed E-state index contributed by atoms with van der Waals surface area (Å²) < 4.78 is 6.78. The molecule has 1 aromatic carbocycles. The molecule has 204 valence electrons. The van der Waals surface area contributed by atoms with Gasteiger partial charge in [0.25, 0.3) is 11.5 Å². The van der Waals surface area contributed by atoms with Gasteiger partial charge >= 0.3 is 0 Å². The molecule has 12 heteroatoms. The molecule has 3 heterocycles. The lowest BCUT2D eigenvalue weighted by atomic mass is 10.1. The Kier molecular flexibility index (Phi) is 9.79. The van der Waals surface area contributed by atoms with E-state index >= 15 is 0 Å². The van der Waals surface area contributed by atoms with Crippen molar-refractivity contribution in [2.75, 3.05) is 44.7 Å². The van der Waals surface area contributed by atoms with Gasteiger partial charge in [-0.25, -0.2) is 4.98 Å². The number of morpholine rings is 1. The standard InChI is InChI=1S/C27H29ClN6O5/c28-20-6-9-23(30-18-20)32-24(35)17-22(27(38)29-10-12-33-13-15-39-16-14-33)31-26(37)19-4-7-21(8-5-19)34-11-2-1-3-25(34)36/h1-9,11,18,22H,10,12-17H2,(H,29,38)(H,31,37)(H,30,32,35)/t22-/m0/s1. The van der Waals surface area contributed by atoms with E-state index in [1.165, 1.54) is 22.9 Å². The summed E-state index contributed by atoms with van der Waals surface area (Å²) in [6.45, 7) is 3.81. The van der Waals surface area contributed by atoms with Crippen LogP contribution in [0.3, 0.4) is 0 Å². The van der Waals surface area contributed by atoms with E-state index in [1.807, 2.05) is 0 Å². The molecular formula is C27H29ClN6O5. The fourth-order valence-electron chi connectivity index (χ4n) is 3.98. The van der Waals surface area contributed by atoms with Gasteiger partial charge in [0.15, 0.2) is 0 Å². The number of anilines is 1. The van der Waals surface area contributed by atoms with Crippen LogP contribution in [0.25, 0.3) is 5.69 Å². The van der Waals surface area contributed by atoms with Crippen molar-refractivity contribution < 1.29 is 19.1 Å². The Labute approximate surface area is 230 Å². The lowest BCUT2D eigenvalue weighted by Crippen LogP contribution is -2.50. The number of carbonyl (C=O) groups excluding carboxylic acids is 3. The van der Waals surface area contributed by atoms with Gasteiger partial charge in [-0.2, -0.15) is 0 Å². The highest BCUT2D eigenvalue weighted by Crippen LogP contribution is 2.11. The number of nitrogens with one attached hydrogen (secondary N) is 3. The lowest BCUT2D eigenvalue weighted by molar-refractivity contribution is -0.126. The first-order chi connectivity index (χ1) is 18.9. The van der Waals surface area contributed by atoms with Gasteiger partial charge in [-0.05, 0) is 42.5 Å². The SMILES string of the molecule is O=C(C[C@H](NC(=O)c1ccc(-n2ccccc2=O)cc1)C(=O)NCCN1CCOCC1)Nc1ccc(Cl)cn1. The molecule has 0 unspecified atom stereocenters. The van der Waals surface area contributed by atoms with E-state index in [4.69, 9.17) is 16.3 Å². The van der Waals surface area contributed by atoms with Crippen LogP contribution < -0.4 is 21.5 Å². The Balaban J connectivity index is 1.41. The van der Waals surface area contributed by atoms with Crippen molar-refractivity contribution >= 4 is 35.1 Å². The van der Waals surface area contributed by atoms with E-state index in [2.05, 4.69) is 25.8 Å². The summed E-state index contributed by atoms with van der Waals surface area (Å²) in [6.07, 6.45) is 2.71. The minimum Gasteiger partial charge on any atom is -0.379 e. The molecule has 1 aliphatic rings. The maximum atomic E-state index is 13.0. The van der Waals surface area contributed by atoms with Gasteiger partial charge in [0.2, 0.25) is 11.8 Å². The first kappa shape index (κ1) is 28.0. The molecule has 0 aliphatic carbocycles. The molecule has 3 amide bonds. The Bertz CT molecular complexity index is 1340. The molecule has 11 nitrogen and oxygen atoms in total. The van der Waals surface area contributed by atoms with Crippen molar-refractivity contribution in [2.24, 2.45) is 0 Å². The third-order valence-electron chi connectivity index (χ3n) is 6.07. The summed E-state index contributed by atoms with van der Waals surface area (Å²) >= 11 is 5.84. The average Bonchev–Trinajstić information content (AvgIpc) is 2.95. The Hall–Kier alpha value is -4.06. The Morgan fingerprint density at radius 3 is 2.49 bits per heavy atom. The average molecular weight is 553 g/mol. The van der Waals surface area contributed by atoms with Gasteiger partial charge < -0.3 is 20.7 Å². The van der Waals surface area contributed by atoms with Crippen molar-refractivity contribution in [3.05, 3.63) is 87.9 Å². The lowest BCUT2D eigenvalue weighted by Gasteiger charge is -2.27. The number of carbonyl (C=O) groups is 3. The van der Waals surface area contributed by atoms with Crippen LogP contribution in [-0.2, 0) is 14.3 Å². The van der Waals surface area contributed by atoms with E-state index in [9.17, 15) is 19.2 Å². The largest absolute Gasteiger partial charge is 0.379 e. The maximum Gasteiger partial charge on any atom is 0.255 e. The van der Waals surface area contributed by atoms with E-state index in [0.717, 1.165) is 13.1 Å². The molecule has 1 saturated heterocycles. The van der Waals surface area contributed by atoms with Crippen molar-refractivity contribution in [3.63, 3.8) is 0 Å². The second-order valence-electron chi connectivity index (χ2n) is 8.84. The predicted molar refractivity (Wildman–Crippen MR) is 146 cm³/mol. The smallest absolute Gasteiger partial charge is 0.255 e. The summed E-state index contributed by atoms with van der Waals surface area (Å²) in [5.74, 6) is -1.25. The van der Waals surface area contributed by atoms with Crippen LogP contribution in [0.1, 0.15) is 16.8 Å². The molecule has 0 saturated carbocycles. The van der Waals surface area contributed by atoms with Crippen LogP contribution >= 0.6 is 11.6 Å². The quantitative estimate of drug-likeness (QED) is 0.346. The van der Waals surface area contributed by atoms with Crippen LogP contribution in [0.2, 0.25) is 5.02 Å². The number of amides is 3. The van der Waals surface area contributed by atoms with Gasteiger partial charge in [-0.1, -0.05) is 17.7 Å². The summed E-state index contributed by atoms with van der Waals surface area (Å²) in [5, 5.41) is 8.50. The third-order valence-corrected chi connectivity index (χ3v) is 6.29. The summed E-state index contributed by atoms with van der Waals surface area (Å²) in [7, 11) is 0. The number of rotatable bonds is 10. The third kappa shape index (κ3) is 8.21. The van der Waals surface area contributed by atoms with Gasteiger partial charge in [-0.3, -0.25) is 28.6 Å². The minimum absolute atomic E-state index is 0.204. The number of nitrogens with zero attached hydrogens (tertiary/aromatic N) is 3. The predicted octanol–water partition coefficient (Wildman–Crippen LogP) is 1.46. The van der Waals surface area contributed by atoms with Crippen LogP contribution in [0, 0.1) is 0 Å². The molecule has 2 aromatic heterocycles. The highest BCUT2D eigenvalue weighted by Gasteiger charge is 2.25. The van der Waals surface area contributed by atoms with E-state index in [1.54, 1.807) is 48.7 Å². The van der Waals surface area contributed by atoms with E-state index in [-0.39, 0.29) is 23.4 Å². The van der Waals surface area contributed by atoms with Crippen molar-refractivity contribution in [1.82, 2.24) is 25.1 Å². The highest BCUT2D eigenvalue weighted by atomic mass is 35.5. The normalized spacial score (nSPS) is 14.3. The van der Waals surface area contributed by atoms with Gasteiger partial charge in [0.1, 0.15) is 11.9 Å². The minimum atomic E-state index is -1.13. The first-order valence-corrected chi connectivity index (χ1v) is 12.8. The van der Waals surface area contributed by atoms with Crippen molar-refractivity contribution in [2.45, 2.75) is 12.5 Å². The molecule has 3 N–H and O–H groups in total. The zero-order valence-electron chi connectivity index (χ0n) is 21.1. The Morgan fingerprint density at radius 1 is 1.03 bits per heavy atom. The number of hydrogen-bond donors (Lipinski definition) is 3. The van der Waals surface area contributed by atoms with Crippen LogP contribution in [-0.4, -0.2) is 77.6 Å². The molecule has 1 fully saturated rings. The van der Waals surface area contributed by atoms with Crippen molar-refractivity contribution in [1.29, 1.82) is 0 Å². The number of aromatic nitrogens is 2. The number of hydrogen-bond acceptors (Lipinski definition) is 7. The second kappa shape index (κ2) is 13.7. The molecule has 4 rings (SSSR count). The van der Waals surface area contributed by atoms with E-state index in [0.29, 0.717) is 37.0 Å². The molecule has 3 aromatic rings. The van der Waals surface area contributed by atoms with E-state index < -0.39 is 23.8 Å². The zero-order chi connectivity index (χ0) is 27.6. The first-order valence-electron chi connectivity index (χ1n) is 12.5. The van der Waals surface area contributed by atoms with Crippen LogP contribution in [0.5, 0.6) is 0 Å².